The van der Waals surface area contributed by atoms with Crippen LogP contribution in [0.1, 0.15) is 58.3 Å². The first kappa shape index (κ1) is 15.8. The fourth-order valence-corrected chi connectivity index (χ4v) is 4.08. The van der Waals surface area contributed by atoms with Crippen LogP contribution in [0.2, 0.25) is 0 Å². The fraction of sp³-hybridized carbons (Fsp3) is 0.789. The van der Waals surface area contributed by atoms with Gasteiger partial charge in [0.15, 0.2) is 0 Å². The van der Waals surface area contributed by atoms with Gasteiger partial charge in [-0.2, -0.15) is 0 Å². The second-order valence-corrected chi connectivity index (χ2v) is 6.80. The van der Waals surface area contributed by atoms with Gasteiger partial charge in [0.25, 0.3) is 0 Å². The van der Waals surface area contributed by atoms with Crippen LogP contribution in [0.5, 0.6) is 0 Å². The van der Waals surface area contributed by atoms with E-state index in [4.69, 9.17) is 4.74 Å². The van der Waals surface area contributed by atoms with Gasteiger partial charge in [0, 0.05) is 6.61 Å². The predicted octanol–water partition coefficient (Wildman–Crippen LogP) is 5.38. The molecular weight excluding hydrogens is 244 g/mol. The molecule has 2 aliphatic rings. The minimum Gasteiger partial charge on any atom is -0.377 e. The maximum Gasteiger partial charge on any atom is 0.0647 e. The van der Waals surface area contributed by atoms with E-state index in [-0.39, 0.29) is 0 Å². The molecule has 0 aromatic rings. The molecule has 0 amide bonds. The molecule has 0 atom stereocenters. The molecule has 1 nitrogen and oxygen atoms in total. The smallest absolute Gasteiger partial charge is 0.0647 e. The van der Waals surface area contributed by atoms with Crippen molar-refractivity contribution in [2.75, 3.05) is 13.2 Å². The normalized spacial score (nSPS) is 35.2. The average molecular weight is 276 g/mol. The van der Waals surface area contributed by atoms with Crippen molar-refractivity contribution >= 4 is 0 Å². The van der Waals surface area contributed by atoms with Crippen LogP contribution in [-0.2, 0) is 4.74 Å². The van der Waals surface area contributed by atoms with Crippen LogP contribution < -0.4 is 0 Å². The van der Waals surface area contributed by atoms with Gasteiger partial charge in [0.1, 0.15) is 0 Å². The van der Waals surface area contributed by atoms with E-state index in [2.05, 4.69) is 31.7 Å². The Kier molecular flexibility index (Phi) is 6.86. The van der Waals surface area contributed by atoms with Crippen LogP contribution in [-0.4, -0.2) is 13.2 Å². The lowest BCUT2D eigenvalue weighted by atomic mass is 9.69. The van der Waals surface area contributed by atoms with E-state index < -0.39 is 0 Å². The van der Waals surface area contributed by atoms with Gasteiger partial charge in [-0.25, -0.2) is 0 Å². The van der Waals surface area contributed by atoms with Crippen LogP contribution in [0.4, 0.5) is 0 Å². The van der Waals surface area contributed by atoms with Gasteiger partial charge in [-0.15, -0.1) is 6.58 Å². The second-order valence-electron chi connectivity index (χ2n) is 6.80. The van der Waals surface area contributed by atoms with Gasteiger partial charge in [-0.05, 0) is 82.0 Å². The highest BCUT2D eigenvalue weighted by molar-refractivity contribution is 4.87. The average Bonchev–Trinajstić information content (AvgIpc) is 2.52. The standard InChI is InChI=1S/C19H32O/c1-3-5-14-20-15-17-8-12-19(13-9-17)18-10-6-16(4-2)7-11-18/h3-5,16-19H,2,6-15H2,1H3/b5-3-. The molecule has 0 unspecified atom stereocenters. The van der Waals surface area contributed by atoms with Crippen LogP contribution >= 0.6 is 0 Å². The van der Waals surface area contributed by atoms with Gasteiger partial charge in [0.2, 0.25) is 0 Å². The Bertz CT molecular complexity index is 291. The minimum absolute atomic E-state index is 0.794. The van der Waals surface area contributed by atoms with Crippen molar-refractivity contribution in [3.8, 4) is 0 Å². The van der Waals surface area contributed by atoms with Crippen LogP contribution in [0.3, 0.4) is 0 Å². The van der Waals surface area contributed by atoms with Crippen LogP contribution in [0, 0.1) is 23.7 Å². The topological polar surface area (TPSA) is 9.23 Å². The van der Waals surface area contributed by atoms with Gasteiger partial charge in [0.05, 0.1) is 6.61 Å². The lowest BCUT2D eigenvalue weighted by Crippen LogP contribution is -2.26. The molecule has 0 heterocycles. The van der Waals surface area contributed by atoms with E-state index in [1.165, 1.54) is 51.4 Å². The third-order valence-corrected chi connectivity index (χ3v) is 5.51. The monoisotopic (exact) mass is 276 g/mol. The Hall–Kier alpha value is -0.560. The summed E-state index contributed by atoms with van der Waals surface area (Å²) in [6.45, 7) is 7.77. The largest absolute Gasteiger partial charge is 0.377 e. The quantitative estimate of drug-likeness (QED) is 0.467. The van der Waals surface area contributed by atoms with Crippen molar-refractivity contribution in [2.45, 2.75) is 58.3 Å². The maximum absolute atomic E-state index is 5.72. The first-order chi connectivity index (χ1) is 9.83. The Morgan fingerprint density at radius 3 is 2.10 bits per heavy atom. The molecular formula is C19H32O. The Morgan fingerprint density at radius 2 is 1.55 bits per heavy atom. The van der Waals surface area contributed by atoms with E-state index >= 15 is 0 Å². The fourth-order valence-electron chi connectivity index (χ4n) is 4.08. The van der Waals surface area contributed by atoms with E-state index in [9.17, 15) is 0 Å². The summed E-state index contributed by atoms with van der Waals surface area (Å²) in [7, 11) is 0. The summed E-state index contributed by atoms with van der Waals surface area (Å²) in [6, 6.07) is 0. The van der Waals surface area contributed by atoms with Crippen LogP contribution in [0.15, 0.2) is 24.8 Å². The summed E-state index contributed by atoms with van der Waals surface area (Å²) in [5, 5.41) is 0. The highest BCUT2D eigenvalue weighted by Gasteiger charge is 2.30. The third kappa shape index (κ3) is 4.77. The predicted molar refractivity (Wildman–Crippen MR) is 86.7 cm³/mol. The van der Waals surface area contributed by atoms with Gasteiger partial charge >= 0.3 is 0 Å². The third-order valence-electron chi connectivity index (χ3n) is 5.51. The first-order valence-electron chi connectivity index (χ1n) is 8.65. The molecule has 1 heteroatoms. The summed E-state index contributed by atoms with van der Waals surface area (Å²) < 4.78 is 5.72. The summed E-state index contributed by atoms with van der Waals surface area (Å²) >= 11 is 0. The molecule has 0 saturated heterocycles. The molecule has 0 spiro atoms. The van der Waals surface area contributed by atoms with E-state index in [0.717, 1.165) is 36.9 Å². The molecule has 2 fully saturated rings. The zero-order valence-electron chi connectivity index (χ0n) is 13.2. The molecule has 2 aliphatic carbocycles. The van der Waals surface area contributed by atoms with Crippen molar-refractivity contribution in [3.05, 3.63) is 24.8 Å². The highest BCUT2D eigenvalue weighted by Crippen LogP contribution is 2.41. The molecule has 0 bridgehead atoms. The highest BCUT2D eigenvalue weighted by atomic mass is 16.5. The van der Waals surface area contributed by atoms with Crippen molar-refractivity contribution in [1.82, 2.24) is 0 Å². The van der Waals surface area contributed by atoms with E-state index in [1.807, 2.05) is 0 Å². The molecule has 0 aliphatic heterocycles. The molecule has 0 radical (unpaired) electrons. The Balaban J connectivity index is 1.63. The van der Waals surface area contributed by atoms with Crippen molar-refractivity contribution in [1.29, 1.82) is 0 Å². The second kappa shape index (κ2) is 8.67. The number of rotatable bonds is 6. The molecule has 2 saturated carbocycles. The number of hydrogen-bond acceptors (Lipinski definition) is 1. The summed E-state index contributed by atoms with van der Waals surface area (Å²) in [4.78, 5) is 0. The first-order valence-corrected chi connectivity index (χ1v) is 8.65. The summed E-state index contributed by atoms with van der Waals surface area (Å²) in [6.07, 6.45) is 17.7. The number of ether oxygens (including phenoxy) is 1. The SMILES string of the molecule is C=CC1CCC(C2CCC(COC/C=C\C)CC2)CC1. The molecule has 0 N–H and O–H groups in total. The maximum atomic E-state index is 5.72. The summed E-state index contributed by atoms with van der Waals surface area (Å²) in [5.74, 6) is 3.65. The molecule has 20 heavy (non-hydrogen) atoms. The lowest BCUT2D eigenvalue weighted by molar-refractivity contribution is 0.0799. The van der Waals surface area contributed by atoms with Crippen molar-refractivity contribution < 1.29 is 4.74 Å². The van der Waals surface area contributed by atoms with Gasteiger partial charge in [-0.3, -0.25) is 0 Å². The molecule has 0 aromatic carbocycles. The van der Waals surface area contributed by atoms with Crippen molar-refractivity contribution in [3.63, 3.8) is 0 Å². The van der Waals surface area contributed by atoms with E-state index in [1.54, 1.807) is 0 Å². The molecule has 0 aromatic heterocycles. The molecule has 114 valence electrons. The van der Waals surface area contributed by atoms with Crippen LogP contribution in [0.25, 0.3) is 0 Å². The van der Waals surface area contributed by atoms with E-state index in [0.29, 0.717) is 0 Å². The van der Waals surface area contributed by atoms with Gasteiger partial charge < -0.3 is 4.74 Å². The number of allylic oxidation sites excluding steroid dienone is 2. The number of hydrogen-bond donors (Lipinski definition) is 0. The Labute approximate surface area is 125 Å². The van der Waals surface area contributed by atoms with Crippen molar-refractivity contribution in [2.24, 2.45) is 23.7 Å². The Morgan fingerprint density at radius 1 is 0.950 bits per heavy atom. The van der Waals surface area contributed by atoms with Gasteiger partial charge in [-0.1, -0.05) is 18.2 Å². The zero-order valence-corrected chi connectivity index (χ0v) is 13.2. The minimum atomic E-state index is 0.794. The lowest BCUT2D eigenvalue weighted by Gasteiger charge is -2.37. The molecule has 2 rings (SSSR count). The summed E-state index contributed by atoms with van der Waals surface area (Å²) in [5.41, 5.74) is 0. The zero-order chi connectivity index (χ0) is 14.2.